The van der Waals surface area contributed by atoms with Crippen LogP contribution in [0.25, 0.3) is 0 Å². The number of hydrogen-bond donors (Lipinski definition) is 4. The zero-order chi connectivity index (χ0) is 24.1. The van der Waals surface area contributed by atoms with Gasteiger partial charge in [-0.05, 0) is 97.3 Å². The fraction of sp³-hybridized carbons (Fsp3) is 0.714. The average molecular weight is 471 g/mol. The maximum atomic E-state index is 10.3. The molecule has 1 aromatic carbocycles. The number of rotatable bonds is 6. The molecule has 0 radical (unpaired) electrons. The Morgan fingerprint density at radius 1 is 1.12 bits per heavy atom. The van der Waals surface area contributed by atoms with Gasteiger partial charge in [0.25, 0.3) is 0 Å². The molecular weight excluding hydrogens is 428 g/mol. The number of ether oxygens (including phenoxy) is 2. The predicted octanol–water partition coefficient (Wildman–Crippen LogP) is 3.60. The average Bonchev–Trinajstić information content (AvgIpc) is 3.38. The lowest BCUT2D eigenvalue weighted by Crippen LogP contribution is -2.53. The molecule has 0 aromatic heterocycles. The lowest BCUT2D eigenvalue weighted by atomic mass is 9.49. The van der Waals surface area contributed by atoms with Crippen LogP contribution in [0.1, 0.15) is 57.9 Å². The fourth-order valence-corrected chi connectivity index (χ4v) is 7.99. The van der Waals surface area contributed by atoms with Gasteiger partial charge in [-0.2, -0.15) is 0 Å². The highest BCUT2D eigenvalue weighted by atomic mass is 16.7. The molecule has 3 unspecified atom stereocenters. The Morgan fingerprint density at radius 2 is 1.91 bits per heavy atom. The van der Waals surface area contributed by atoms with Gasteiger partial charge in [-0.1, -0.05) is 32.1 Å². The van der Waals surface area contributed by atoms with Gasteiger partial charge >= 0.3 is 0 Å². The molecule has 1 aromatic rings. The molecule has 5 N–H and O–H groups in total. The van der Waals surface area contributed by atoms with Gasteiger partial charge in [0.2, 0.25) is 6.79 Å². The molecule has 6 nitrogen and oxygen atoms in total. The van der Waals surface area contributed by atoms with Crippen molar-refractivity contribution in [2.75, 3.05) is 19.9 Å². The monoisotopic (exact) mass is 470 g/mol. The Hall–Kier alpha value is -1.60. The second-order valence-corrected chi connectivity index (χ2v) is 11.8. The van der Waals surface area contributed by atoms with Crippen molar-refractivity contribution in [2.45, 2.75) is 71.1 Å². The molecule has 3 saturated carbocycles. The third kappa shape index (κ3) is 3.97. The van der Waals surface area contributed by atoms with E-state index >= 15 is 0 Å². The molecule has 0 spiro atoms. The maximum Gasteiger partial charge on any atom is 0.231 e. The summed E-state index contributed by atoms with van der Waals surface area (Å²) >= 11 is 0. The summed E-state index contributed by atoms with van der Waals surface area (Å²) < 4.78 is 11.0. The molecular formula is C28H42N2O4. The predicted molar refractivity (Wildman–Crippen MR) is 132 cm³/mol. The van der Waals surface area contributed by atoms with Crippen molar-refractivity contribution in [3.8, 4) is 11.5 Å². The Balaban J connectivity index is 1.38. The second kappa shape index (κ2) is 9.12. The van der Waals surface area contributed by atoms with Gasteiger partial charge in [0.15, 0.2) is 11.5 Å². The zero-order valence-electron chi connectivity index (χ0n) is 20.8. The summed E-state index contributed by atoms with van der Waals surface area (Å²) in [7, 11) is 0. The number of aliphatic hydroxyl groups is 2. The first kappa shape index (κ1) is 24.1. The van der Waals surface area contributed by atoms with E-state index in [1.165, 1.54) is 11.1 Å². The van der Waals surface area contributed by atoms with Crippen LogP contribution in [0.4, 0.5) is 0 Å². The normalized spacial score (nSPS) is 41.5. The smallest absolute Gasteiger partial charge is 0.231 e. The first-order chi connectivity index (χ1) is 16.3. The van der Waals surface area contributed by atoms with Crippen LogP contribution in [-0.2, 0) is 6.54 Å². The molecule has 6 heteroatoms. The van der Waals surface area contributed by atoms with Crippen LogP contribution in [0.5, 0.6) is 11.5 Å². The first-order valence-electron chi connectivity index (χ1n) is 13.1. The molecule has 5 rings (SSSR count). The molecule has 34 heavy (non-hydrogen) atoms. The van der Waals surface area contributed by atoms with Crippen LogP contribution in [0, 0.1) is 34.5 Å². The van der Waals surface area contributed by atoms with Gasteiger partial charge in [-0.3, -0.25) is 0 Å². The molecule has 188 valence electrons. The van der Waals surface area contributed by atoms with Gasteiger partial charge < -0.3 is 30.7 Å². The van der Waals surface area contributed by atoms with Crippen molar-refractivity contribution >= 4 is 0 Å². The van der Waals surface area contributed by atoms with Crippen LogP contribution in [0.2, 0.25) is 0 Å². The van der Waals surface area contributed by atoms with Crippen molar-refractivity contribution in [1.29, 1.82) is 0 Å². The fourth-order valence-electron chi connectivity index (χ4n) is 7.99. The van der Waals surface area contributed by atoms with Gasteiger partial charge in [-0.25, -0.2) is 0 Å². The van der Waals surface area contributed by atoms with Gasteiger partial charge in [0.05, 0.1) is 6.10 Å². The van der Waals surface area contributed by atoms with Gasteiger partial charge in [0, 0.05) is 19.2 Å². The van der Waals surface area contributed by atoms with Gasteiger partial charge in [0.1, 0.15) is 0 Å². The number of nitrogens with one attached hydrogen (secondary N) is 1. The van der Waals surface area contributed by atoms with Crippen LogP contribution >= 0.6 is 0 Å². The number of nitrogens with two attached hydrogens (primary N) is 1. The number of fused-ring (bicyclic) bond motifs is 2. The quantitative estimate of drug-likeness (QED) is 0.475. The molecule has 8 atom stereocenters. The Labute approximate surface area is 203 Å². The Kier molecular flexibility index (Phi) is 6.47. The highest BCUT2D eigenvalue weighted by Gasteiger charge is 2.58. The summed E-state index contributed by atoms with van der Waals surface area (Å²) in [6, 6.07) is 6.22. The van der Waals surface area contributed by atoms with E-state index in [0.29, 0.717) is 31.0 Å². The van der Waals surface area contributed by atoms with Crippen molar-refractivity contribution < 1.29 is 19.7 Å². The molecule has 0 saturated heterocycles. The molecule has 0 bridgehead atoms. The minimum absolute atomic E-state index is 0.0222. The van der Waals surface area contributed by atoms with E-state index in [1.54, 1.807) is 0 Å². The van der Waals surface area contributed by atoms with Crippen LogP contribution < -0.4 is 20.5 Å². The van der Waals surface area contributed by atoms with Crippen LogP contribution in [-0.4, -0.2) is 42.3 Å². The lowest BCUT2D eigenvalue weighted by Gasteiger charge is -2.56. The maximum absolute atomic E-state index is 10.3. The van der Waals surface area contributed by atoms with E-state index < -0.39 is 0 Å². The van der Waals surface area contributed by atoms with E-state index in [9.17, 15) is 10.2 Å². The summed E-state index contributed by atoms with van der Waals surface area (Å²) in [4.78, 5) is 0. The third-order valence-corrected chi connectivity index (χ3v) is 10.2. The number of benzene rings is 1. The highest BCUT2D eigenvalue weighted by Crippen LogP contribution is 2.63. The summed E-state index contributed by atoms with van der Waals surface area (Å²) in [6.07, 6.45) is 5.44. The number of aliphatic hydroxyl groups excluding tert-OH is 2. The first-order valence-corrected chi connectivity index (χ1v) is 13.1. The number of hydrogen-bond acceptors (Lipinski definition) is 6. The van der Waals surface area contributed by atoms with Crippen molar-refractivity contribution in [3.63, 3.8) is 0 Å². The summed E-state index contributed by atoms with van der Waals surface area (Å²) in [6.45, 7) is 11.3. The van der Waals surface area contributed by atoms with Crippen molar-refractivity contribution in [2.24, 2.45) is 40.2 Å². The molecule has 3 aliphatic carbocycles. The van der Waals surface area contributed by atoms with Crippen LogP contribution in [0.15, 0.2) is 30.4 Å². The summed E-state index contributed by atoms with van der Waals surface area (Å²) in [5.41, 5.74) is 9.08. The molecule has 0 amide bonds. The molecule has 3 fully saturated rings. The standard InChI is InChI=1S/C28H42N2O4/c1-17-24(29)12-23-21(14-30-13-18-4-5-25-26(10-18)34-16-33-25)22(7-9-27(17,23)2)28(3)8-6-20(32)11-19(28)15-31/h4-5,10,19-24,30-32H,1,6-9,11-16,29H2,2-3H3/t19-,20+,21+,22?,23?,24?,27+,28+/m1/s1. The zero-order valence-corrected chi connectivity index (χ0v) is 20.8. The highest BCUT2D eigenvalue weighted by molar-refractivity contribution is 5.44. The topological polar surface area (TPSA) is 97.0 Å². The van der Waals surface area contributed by atoms with E-state index in [2.05, 4.69) is 37.9 Å². The Bertz CT molecular complexity index is 922. The lowest BCUT2D eigenvalue weighted by molar-refractivity contribution is -0.0934. The largest absolute Gasteiger partial charge is 0.454 e. The van der Waals surface area contributed by atoms with E-state index in [4.69, 9.17) is 15.2 Å². The van der Waals surface area contributed by atoms with E-state index in [0.717, 1.165) is 56.7 Å². The second-order valence-electron chi connectivity index (χ2n) is 11.8. The van der Waals surface area contributed by atoms with E-state index in [1.807, 2.05) is 6.07 Å². The van der Waals surface area contributed by atoms with Crippen LogP contribution in [0.3, 0.4) is 0 Å². The molecule has 4 aliphatic rings. The molecule has 1 aliphatic heterocycles. The molecule has 1 heterocycles. The summed E-state index contributed by atoms with van der Waals surface area (Å²) in [5.74, 6) is 3.19. The minimum atomic E-state index is -0.290. The third-order valence-electron chi connectivity index (χ3n) is 10.2. The van der Waals surface area contributed by atoms with Crippen molar-refractivity contribution in [1.82, 2.24) is 5.32 Å². The van der Waals surface area contributed by atoms with E-state index in [-0.39, 0.29) is 35.5 Å². The SMILES string of the molecule is C=C1C(N)CC2[C@@H](CNCc3ccc4c(c3)OCO4)C([C@@]3(C)CC[C@H](O)C[C@@H]3CO)CC[C@@]12C. The summed E-state index contributed by atoms with van der Waals surface area (Å²) in [5, 5.41) is 24.4. The van der Waals surface area contributed by atoms with Gasteiger partial charge in [-0.15, -0.1) is 0 Å². The minimum Gasteiger partial charge on any atom is -0.454 e. The van der Waals surface area contributed by atoms with Crippen molar-refractivity contribution in [3.05, 3.63) is 35.9 Å². The Morgan fingerprint density at radius 3 is 2.71 bits per heavy atom.